The Labute approximate surface area is 161 Å². The van der Waals surface area contributed by atoms with E-state index in [0.717, 1.165) is 38.9 Å². The van der Waals surface area contributed by atoms with Crippen molar-refractivity contribution >= 4 is 11.3 Å². The minimum Gasteiger partial charge on any atom is -0.364 e. The van der Waals surface area contributed by atoms with Gasteiger partial charge in [-0.1, -0.05) is 0 Å². The van der Waals surface area contributed by atoms with Crippen LogP contribution in [0.5, 0.6) is 0 Å². The Morgan fingerprint density at radius 1 is 1.30 bits per heavy atom. The predicted molar refractivity (Wildman–Crippen MR) is 102 cm³/mol. The zero-order valence-electron chi connectivity index (χ0n) is 15.5. The number of aryl methyl sites for hydroxylation is 1. The lowest BCUT2D eigenvalue weighted by Crippen LogP contribution is -2.53. The number of hydrogen-bond donors (Lipinski definition) is 0. The van der Waals surface area contributed by atoms with Crippen LogP contribution in [0, 0.1) is 12.8 Å². The van der Waals surface area contributed by atoms with Gasteiger partial charge in [-0.25, -0.2) is 4.68 Å². The summed E-state index contributed by atoms with van der Waals surface area (Å²) in [5, 5.41) is 6.56. The summed E-state index contributed by atoms with van der Waals surface area (Å²) in [7, 11) is 0. The molecule has 0 aromatic carbocycles. The van der Waals surface area contributed by atoms with Gasteiger partial charge in [-0.2, -0.15) is 5.10 Å². The third-order valence-corrected chi connectivity index (χ3v) is 7.03. The Kier molecular flexibility index (Phi) is 4.10. The van der Waals surface area contributed by atoms with Crippen LogP contribution in [0.25, 0.3) is 0 Å². The van der Waals surface area contributed by atoms with Crippen molar-refractivity contribution in [3.8, 4) is 0 Å². The zero-order valence-corrected chi connectivity index (χ0v) is 16.3. The zero-order chi connectivity index (χ0) is 18.6. The lowest BCUT2D eigenvalue weighted by molar-refractivity contribution is -0.0859. The molecule has 2 fully saturated rings. The number of likely N-dealkylation sites (tertiary alicyclic amines) is 1. The lowest BCUT2D eigenvalue weighted by atomic mass is 10.0. The summed E-state index contributed by atoms with van der Waals surface area (Å²) >= 11 is 1.78. The van der Waals surface area contributed by atoms with E-state index < -0.39 is 16.7 Å². The van der Waals surface area contributed by atoms with E-state index in [0.29, 0.717) is 31.4 Å². The molecule has 4 heterocycles. The Balaban J connectivity index is 1.36. The molecule has 0 unspecified atom stereocenters. The van der Waals surface area contributed by atoms with Crippen LogP contribution in [0.15, 0.2) is 21.0 Å². The van der Waals surface area contributed by atoms with Crippen LogP contribution in [0.4, 0.5) is 0 Å². The van der Waals surface area contributed by atoms with Crippen LogP contribution in [0.1, 0.15) is 35.5 Å². The predicted octanol–water partition coefficient (Wildman–Crippen LogP) is 1.36. The molecule has 1 saturated carbocycles. The van der Waals surface area contributed by atoms with Crippen molar-refractivity contribution in [2.75, 3.05) is 13.1 Å². The number of fused-ring (bicyclic) bond motifs is 1. The standard InChI is InChI=1S/C19H24N4O3S/c1-13-4-7-27-15(13)9-21-6-5-19(11-21)12-22-16(10-26-19)20-23(8-14-2-3-14)18(25)17(22)24/h4,7,14H,2-3,5-6,8-12H2,1H3/t19-/m1/s1. The molecule has 1 atom stereocenters. The van der Waals surface area contributed by atoms with Gasteiger partial charge in [-0.3, -0.25) is 19.1 Å². The van der Waals surface area contributed by atoms with Gasteiger partial charge in [0.25, 0.3) is 0 Å². The van der Waals surface area contributed by atoms with Gasteiger partial charge in [0.2, 0.25) is 0 Å². The Morgan fingerprint density at radius 2 is 2.15 bits per heavy atom. The van der Waals surface area contributed by atoms with Crippen LogP contribution in [-0.2, 0) is 31.0 Å². The molecule has 27 heavy (non-hydrogen) atoms. The van der Waals surface area contributed by atoms with E-state index in [2.05, 4.69) is 28.4 Å². The van der Waals surface area contributed by atoms with Gasteiger partial charge >= 0.3 is 11.1 Å². The molecule has 0 radical (unpaired) electrons. The van der Waals surface area contributed by atoms with Gasteiger partial charge in [0, 0.05) is 31.1 Å². The van der Waals surface area contributed by atoms with Crippen molar-refractivity contribution < 1.29 is 4.74 Å². The summed E-state index contributed by atoms with van der Waals surface area (Å²) < 4.78 is 9.15. The van der Waals surface area contributed by atoms with Crippen molar-refractivity contribution in [1.82, 2.24) is 19.2 Å². The van der Waals surface area contributed by atoms with E-state index in [-0.39, 0.29) is 0 Å². The lowest BCUT2D eigenvalue weighted by Gasteiger charge is -2.35. The molecule has 8 heteroatoms. The summed E-state index contributed by atoms with van der Waals surface area (Å²) in [5.41, 5.74) is -0.00571. The first-order valence-corrected chi connectivity index (χ1v) is 10.5. The summed E-state index contributed by atoms with van der Waals surface area (Å²) in [6, 6.07) is 2.15. The average Bonchev–Trinajstić information content (AvgIpc) is 3.27. The summed E-state index contributed by atoms with van der Waals surface area (Å²) in [4.78, 5) is 28.9. The fraction of sp³-hybridized carbons (Fsp3) is 0.632. The van der Waals surface area contributed by atoms with E-state index in [1.807, 2.05) is 0 Å². The largest absolute Gasteiger partial charge is 0.364 e. The van der Waals surface area contributed by atoms with Crippen LogP contribution >= 0.6 is 11.3 Å². The molecule has 2 aliphatic heterocycles. The van der Waals surface area contributed by atoms with E-state index in [9.17, 15) is 9.59 Å². The van der Waals surface area contributed by atoms with E-state index in [1.165, 1.54) is 15.1 Å². The highest BCUT2D eigenvalue weighted by atomic mass is 32.1. The highest BCUT2D eigenvalue weighted by Crippen LogP contribution is 2.33. The maximum absolute atomic E-state index is 12.7. The van der Waals surface area contributed by atoms with Gasteiger partial charge in [0.05, 0.1) is 6.54 Å². The fourth-order valence-electron chi connectivity index (χ4n) is 4.15. The average molecular weight is 388 g/mol. The van der Waals surface area contributed by atoms with Crippen LogP contribution < -0.4 is 11.1 Å². The fourth-order valence-corrected chi connectivity index (χ4v) is 5.10. The molecule has 0 amide bonds. The van der Waals surface area contributed by atoms with E-state index in [4.69, 9.17) is 4.74 Å². The summed E-state index contributed by atoms with van der Waals surface area (Å²) in [6.45, 7) is 6.05. The molecule has 0 N–H and O–H groups in total. The smallest absolute Gasteiger partial charge is 0.332 e. The first kappa shape index (κ1) is 17.3. The van der Waals surface area contributed by atoms with Gasteiger partial charge in [0.15, 0.2) is 5.82 Å². The number of thiophene rings is 1. The number of nitrogens with zero attached hydrogens (tertiary/aromatic N) is 4. The Bertz CT molecular complexity index is 990. The first-order valence-electron chi connectivity index (χ1n) is 9.63. The quantitative estimate of drug-likeness (QED) is 0.740. The van der Waals surface area contributed by atoms with Crippen molar-refractivity contribution in [3.05, 3.63) is 48.4 Å². The Morgan fingerprint density at radius 3 is 2.89 bits per heavy atom. The molecule has 0 bridgehead atoms. The van der Waals surface area contributed by atoms with Crippen molar-refractivity contribution in [2.24, 2.45) is 5.92 Å². The second kappa shape index (κ2) is 6.39. The Hall–Kier alpha value is -1.77. The van der Waals surface area contributed by atoms with Crippen molar-refractivity contribution in [1.29, 1.82) is 0 Å². The van der Waals surface area contributed by atoms with Crippen LogP contribution in [0.3, 0.4) is 0 Å². The van der Waals surface area contributed by atoms with Crippen molar-refractivity contribution in [3.63, 3.8) is 0 Å². The van der Waals surface area contributed by atoms with Crippen LogP contribution in [0.2, 0.25) is 0 Å². The van der Waals surface area contributed by atoms with Crippen molar-refractivity contribution in [2.45, 2.75) is 58.0 Å². The molecular weight excluding hydrogens is 364 g/mol. The number of rotatable bonds is 4. The van der Waals surface area contributed by atoms with E-state index >= 15 is 0 Å². The summed E-state index contributed by atoms with van der Waals surface area (Å²) in [6.07, 6.45) is 3.10. The monoisotopic (exact) mass is 388 g/mol. The van der Waals surface area contributed by atoms with E-state index in [1.54, 1.807) is 15.9 Å². The molecule has 2 aromatic rings. The highest BCUT2D eigenvalue weighted by Gasteiger charge is 2.43. The van der Waals surface area contributed by atoms with Crippen LogP contribution in [-0.4, -0.2) is 37.9 Å². The molecule has 1 spiro atoms. The molecule has 1 saturated heterocycles. The second-order valence-electron chi connectivity index (χ2n) is 8.20. The third kappa shape index (κ3) is 3.19. The molecule has 5 rings (SSSR count). The number of ether oxygens (including phenoxy) is 1. The normalized spacial score (nSPS) is 25.2. The first-order chi connectivity index (χ1) is 13.0. The minimum absolute atomic E-state index is 0.298. The molecule has 1 aliphatic carbocycles. The second-order valence-corrected chi connectivity index (χ2v) is 9.20. The molecule has 144 valence electrons. The third-order valence-electron chi connectivity index (χ3n) is 6.02. The molecule has 2 aromatic heterocycles. The number of aromatic nitrogens is 3. The highest BCUT2D eigenvalue weighted by molar-refractivity contribution is 7.10. The molecular formula is C19H24N4O3S. The topological polar surface area (TPSA) is 69.4 Å². The molecule has 7 nitrogen and oxygen atoms in total. The molecule has 3 aliphatic rings. The van der Waals surface area contributed by atoms with Gasteiger partial charge in [0.1, 0.15) is 12.2 Å². The maximum Gasteiger partial charge on any atom is 0.332 e. The number of hydrogen-bond acceptors (Lipinski definition) is 6. The van der Waals surface area contributed by atoms with Gasteiger partial charge < -0.3 is 4.74 Å². The SMILES string of the molecule is Cc1ccsc1CN1CC[C@@]2(C1)Cn1c(nn(CC3CC3)c(=O)c1=O)CO2. The van der Waals surface area contributed by atoms with Gasteiger partial charge in [-0.05, 0) is 49.1 Å². The minimum atomic E-state index is -0.494. The van der Waals surface area contributed by atoms with Gasteiger partial charge in [-0.15, -0.1) is 11.3 Å². The maximum atomic E-state index is 12.7. The summed E-state index contributed by atoms with van der Waals surface area (Å²) in [5.74, 6) is 1.08.